The molecule has 27 heavy (non-hydrogen) atoms. The minimum absolute atomic E-state index is 0.110. The fourth-order valence-corrected chi connectivity index (χ4v) is 4.18. The standard InChI is InChI=1S/C22H26N2O3/c1-16-3-5-17(6-4-16)19-9-7-18(27-19)8-10-20(25)24-14-12-22(15-24)11-2-13-23-21(22)26/h3-7,9H,2,8,10-15H2,1H3,(H,23,26). The highest BCUT2D eigenvalue weighted by atomic mass is 16.3. The zero-order valence-electron chi connectivity index (χ0n) is 15.8. The summed E-state index contributed by atoms with van der Waals surface area (Å²) in [5.41, 5.74) is 1.91. The average molecular weight is 366 g/mol. The summed E-state index contributed by atoms with van der Waals surface area (Å²) >= 11 is 0. The van der Waals surface area contributed by atoms with Gasteiger partial charge in [0.1, 0.15) is 11.5 Å². The van der Waals surface area contributed by atoms with Gasteiger partial charge in [-0.25, -0.2) is 0 Å². The Morgan fingerprint density at radius 3 is 2.78 bits per heavy atom. The summed E-state index contributed by atoms with van der Waals surface area (Å²) in [4.78, 5) is 26.7. The molecule has 1 aromatic heterocycles. The van der Waals surface area contributed by atoms with Gasteiger partial charge in [0.15, 0.2) is 0 Å². The molecule has 4 rings (SSSR count). The molecule has 2 fully saturated rings. The van der Waals surface area contributed by atoms with E-state index in [4.69, 9.17) is 4.42 Å². The van der Waals surface area contributed by atoms with Crippen molar-refractivity contribution in [1.82, 2.24) is 10.2 Å². The van der Waals surface area contributed by atoms with Crippen molar-refractivity contribution in [3.05, 3.63) is 47.7 Å². The molecule has 5 heteroatoms. The SMILES string of the molecule is Cc1ccc(-c2ccc(CCC(=O)N3CCC4(CCCNC4=O)C3)o2)cc1. The van der Waals surface area contributed by atoms with Crippen molar-refractivity contribution < 1.29 is 14.0 Å². The molecule has 142 valence electrons. The number of nitrogens with one attached hydrogen (secondary N) is 1. The van der Waals surface area contributed by atoms with Crippen molar-refractivity contribution in [3.8, 4) is 11.3 Å². The molecule has 2 aromatic rings. The lowest BCUT2D eigenvalue weighted by atomic mass is 9.79. The lowest BCUT2D eigenvalue weighted by Crippen LogP contribution is -2.47. The van der Waals surface area contributed by atoms with Gasteiger partial charge in [-0.05, 0) is 38.3 Å². The van der Waals surface area contributed by atoms with Crippen LogP contribution in [-0.2, 0) is 16.0 Å². The van der Waals surface area contributed by atoms with E-state index in [9.17, 15) is 9.59 Å². The lowest BCUT2D eigenvalue weighted by molar-refractivity contribution is -0.134. The van der Waals surface area contributed by atoms with E-state index in [-0.39, 0.29) is 17.2 Å². The highest BCUT2D eigenvalue weighted by molar-refractivity contribution is 5.86. The second-order valence-corrected chi connectivity index (χ2v) is 7.84. The van der Waals surface area contributed by atoms with Gasteiger partial charge in [0.2, 0.25) is 11.8 Å². The maximum atomic E-state index is 12.6. The summed E-state index contributed by atoms with van der Waals surface area (Å²) in [5, 5.41) is 2.96. The number of carbonyl (C=O) groups excluding carboxylic acids is 2. The van der Waals surface area contributed by atoms with E-state index in [0.717, 1.165) is 42.9 Å². The Kier molecular flexibility index (Phi) is 4.77. The molecule has 0 aliphatic carbocycles. The van der Waals surface area contributed by atoms with Crippen LogP contribution in [0.3, 0.4) is 0 Å². The van der Waals surface area contributed by atoms with Crippen LogP contribution < -0.4 is 5.32 Å². The molecule has 0 saturated carbocycles. The highest BCUT2D eigenvalue weighted by Crippen LogP contribution is 2.37. The van der Waals surface area contributed by atoms with E-state index in [1.807, 2.05) is 29.2 Å². The lowest BCUT2D eigenvalue weighted by Gasteiger charge is -2.32. The third-order valence-corrected chi connectivity index (χ3v) is 5.89. The molecule has 3 heterocycles. The number of likely N-dealkylation sites (tertiary alicyclic amines) is 1. The normalized spacial score (nSPS) is 22.3. The molecule has 1 unspecified atom stereocenters. The zero-order chi connectivity index (χ0) is 18.9. The minimum atomic E-state index is -0.350. The number of hydrogen-bond donors (Lipinski definition) is 1. The number of rotatable bonds is 4. The van der Waals surface area contributed by atoms with Crippen LogP contribution in [0.25, 0.3) is 11.3 Å². The van der Waals surface area contributed by atoms with Gasteiger partial charge in [-0.1, -0.05) is 29.8 Å². The van der Waals surface area contributed by atoms with Crippen molar-refractivity contribution in [2.24, 2.45) is 5.41 Å². The molecular weight excluding hydrogens is 340 g/mol. The molecule has 1 spiro atoms. The predicted molar refractivity (Wildman–Crippen MR) is 103 cm³/mol. The Morgan fingerprint density at radius 1 is 1.19 bits per heavy atom. The van der Waals surface area contributed by atoms with E-state index >= 15 is 0 Å². The molecule has 5 nitrogen and oxygen atoms in total. The molecule has 1 N–H and O–H groups in total. The van der Waals surface area contributed by atoms with Gasteiger partial charge in [0, 0.05) is 38.0 Å². The third kappa shape index (κ3) is 3.64. The highest BCUT2D eigenvalue weighted by Gasteiger charge is 2.46. The number of piperidine rings is 1. The molecule has 0 bridgehead atoms. The maximum Gasteiger partial charge on any atom is 0.228 e. The van der Waals surface area contributed by atoms with E-state index in [1.54, 1.807) is 0 Å². The predicted octanol–water partition coefficient (Wildman–Crippen LogP) is 3.32. The molecule has 2 aliphatic rings. The number of benzene rings is 1. The molecule has 1 atom stereocenters. The number of nitrogens with zero attached hydrogens (tertiary/aromatic N) is 1. The van der Waals surface area contributed by atoms with Gasteiger partial charge in [0.05, 0.1) is 5.41 Å². The van der Waals surface area contributed by atoms with Crippen LogP contribution in [0, 0.1) is 12.3 Å². The summed E-state index contributed by atoms with van der Waals surface area (Å²) in [6.45, 7) is 4.06. The van der Waals surface area contributed by atoms with Gasteiger partial charge in [-0.3, -0.25) is 9.59 Å². The first-order chi connectivity index (χ1) is 13.1. The van der Waals surface area contributed by atoms with Gasteiger partial charge in [-0.15, -0.1) is 0 Å². The van der Waals surface area contributed by atoms with E-state index in [1.165, 1.54) is 5.56 Å². The van der Waals surface area contributed by atoms with E-state index in [2.05, 4.69) is 24.4 Å². The quantitative estimate of drug-likeness (QED) is 0.903. The van der Waals surface area contributed by atoms with Crippen LogP contribution in [0.15, 0.2) is 40.8 Å². The summed E-state index contributed by atoms with van der Waals surface area (Å²) in [6.07, 6.45) is 3.67. The summed E-state index contributed by atoms with van der Waals surface area (Å²) in [6, 6.07) is 12.1. The number of aryl methyl sites for hydroxylation is 2. The molecule has 2 saturated heterocycles. The molecule has 1 aromatic carbocycles. The first-order valence-corrected chi connectivity index (χ1v) is 9.78. The molecule has 0 radical (unpaired) electrons. The van der Waals surface area contributed by atoms with Crippen LogP contribution >= 0.6 is 0 Å². The van der Waals surface area contributed by atoms with E-state index < -0.39 is 0 Å². The molecule has 2 amide bonds. The fraction of sp³-hybridized carbons (Fsp3) is 0.455. The van der Waals surface area contributed by atoms with Gasteiger partial charge < -0.3 is 14.6 Å². The summed E-state index contributed by atoms with van der Waals surface area (Å²) in [7, 11) is 0. The Balaban J connectivity index is 1.33. The van der Waals surface area contributed by atoms with Gasteiger partial charge in [-0.2, -0.15) is 0 Å². The van der Waals surface area contributed by atoms with Crippen LogP contribution in [0.1, 0.15) is 37.0 Å². The zero-order valence-corrected chi connectivity index (χ0v) is 15.8. The Labute approximate surface area is 159 Å². The van der Waals surface area contributed by atoms with Crippen molar-refractivity contribution in [3.63, 3.8) is 0 Å². The minimum Gasteiger partial charge on any atom is -0.461 e. The topological polar surface area (TPSA) is 62.6 Å². The number of amides is 2. The average Bonchev–Trinajstić information content (AvgIpc) is 3.31. The molecular formula is C22H26N2O3. The van der Waals surface area contributed by atoms with Gasteiger partial charge in [0.25, 0.3) is 0 Å². The molecule has 2 aliphatic heterocycles. The van der Waals surface area contributed by atoms with Crippen molar-refractivity contribution in [2.75, 3.05) is 19.6 Å². The number of furan rings is 1. The Bertz CT molecular complexity index is 839. The third-order valence-electron chi connectivity index (χ3n) is 5.89. The smallest absolute Gasteiger partial charge is 0.228 e. The van der Waals surface area contributed by atoms with Crippen LogP contribution in [0.4, 0.5) is 0 Å². The van der Waals surface area contributed by atoms with Crippen molar-refractivity contribution >= 4 is 11.8 Å². The number of hydrogen-bond acceptors (Lipinski definition) is 3. The Hall–Kier alpha value is -2.56. The van der Waals surface area contributed by atoms with Gasteiger partial charge >= 0.3 is 0 Å². The summed E-state index contributed by atoms with van der Waals surface area (Å²) in [5.74, 6) is 1.89. The van der Waals surface area contributed by atoms with Crippen LogP contribution in [0.2, 0.25) is 0 Å². The van der Waals surface area contributed by atoms with E-state index in [0.29, 0.717) is 25.9 Å². The van der Waals surface area contributed by atoms with Crippen LogP contribution in [0.5, 0.6) is 0 Å². The number of carbonyl (C=O) groups is 2. The Morgan fingerprint density at radius 2 is 2.00 bits per heavy atom. The second kappa shape index (κ2) is 7.22. The van der Waals surface area contributed by atoms with Crippen LogP contribution in [-0.4, -0.2) is 36.3 Å². The second-order valence-electron chi connectivity index (χ2n) is 7.84. The largest absolute Gasteiger partial charge is 0.461 e. The van der Waals surface area contributed by atoms with Crippen molar-refractivity contribution in [1.29, 1.82) is 0 Å². The van der Waals surface area contributed by atoms with Crippen molar-refractivity contribution in [2.45, 2.75) is 39.0 Å². The maximum absolute atomic E-state index is 12.6. The first-order valence-electron chi connectivity index (χ1n) is 9.78. The monoisotopic (exact) mass is 366 g/mol. The first kappa shape index (κ1) is 17.8. The summed E-state index contributed by atoms with van der Waals surface area (Å²) < 4.78 is 5.91. The fourth-order valence-electron chi connectivity index (χ4n) is 4.18.